The number of alkyl halides is 3. The number of hydrogen-bond donors (Lipinski definition) is 1. The van der Waals surface area contributed by atoms with Crippen LogP contribution in [0.3, 0.4) is 0 Å². The second-order valence-electron chi connectivity index (χ2n) is 12.5. The van der Waals surface area contributed by atoms with Gasteiger partial charge in [0, 0.05) is 50.1 Å². The third-order valence-electron chi connectivity index (χ3n) is 9.92. The minimum Gasteiger partial charge on any atom is -0.339 e. The number of nitrogens with zero attached hydrogens (tertiary/aromatic N) is 5. The van der Waals surface area contributed by atoms with E-state index in [-0.39, 0.29) is 18.4 Å². The fourth-order valence-electron chi connectivity index (χ4n) is 7.14. The molecule has 1 N–H and O–H groups in total. The smallest absolute Gasteiger partial charge is 0.317 e. The third kappa shape index (κ3) is 5.17. The highest BCUT2D eigenvalue weighted by Gasteiger charge is 2.51. The van der Waals surface area contributed by atoms with Crippen LogP contribution < -0.4 is 5.32 Å². The highest BCUT2D eigenvalue weighted by atomic mass is 19.3. The summed E-state index contributed by atoms with van der Waals surface area (Å²) in [5, 5.41) is 6.89. The first kappa shape index (κ1) is 26.3. The zero-order valence-electron chi connectivity index (χ0n) is 22.4. The van der Waals surface area contributed by atoms with Crippen LogP contribution in [-0.2, 0) is 5.41 Å². The zero-order chi connectivity index (χ0) is 26.5. The standard InChI is InChI=1S/C27H41F3N6O2/c1-26(24-32-23(38-33-24)19-17-20(19)28)9-15-36(16-10-26)25(37)31-22-21(5-4-8-27(22,29)30)35-13-6-18(7-14-35)34-11-2-3-12-34/h18-22H,2-17H2,1H3,(H,31,37)/t19-,20+,21+,22-/m1/s1. The molecule has 5 aliphatic rings. The van der Waals surface area contributed by atoms with E-state index in [0.29, 0.717) is 63.0 Å². The van der Waals surface area contributed by atoms with Crippen LogP contribution in [0.25, 0.3) is 0 Å². The van der Waals surface area contributed by atoms with Gasteiger partial charge in [-0.25, -0.2) is 18.0 Å². The number of piperidine rings is 2. The predicted molar refractivity (Wildman–Crippen MR) is 135 cm³/mol. The number of urea groups is 1. The van der Waals surface area contributed by atoms with Crippen LogP contribution in [0.1, 0.15) is 88.8 Å². The largest absolute Gasteiger partial charge is 0.339 e. The number of amides is 2. The maximum atomic E-state index is 15.2. The van der Waals surface area contributed by atoms with Crippen LogP contribution in [0.4, 0.5) is 18.0 Å². The molecule has 3 aliphatic heterocycles. The predicted octanol–water partition coefficient (Wildman–Crippen LogP) is 4.07. The molecule has 38 heavy (non-hydrogen) atoms. The number of rotatable bonds is 5. The molecule has 0 radical (unpaired) electrons. The van der Waals surface area contributed by atoms with Crippen molar-refractivity contribution >= 4 is 6.03 Å². The highest BCUT2D eigenvalue weighted by Crippen LogP contribution is 2.44. The molecule has 2 aliphatic carbocycles. The Labute approximate surface area is 222 Å². The van der Waals surface area contributed by atoms with E-state index in [0.717, 1.165) is 39.0 Å². The number of aromatic nitrogens is 2. The van der Waals surface area contributed by atoms with Gasteiger partial charge in [0.25, 0.3) is 5.92 Å². The molecule has 0 bridgehead atoms. The topological polar surface area (TPSA) is 77.7 Å². The van der Waals surface area contributed by atoms with Gasteiger partial charge in [0.1, 0.15) is 12.2 Å². The van der Waals surface area contributed by atoms with Gasteiger partial charge in [-0.3, -0.25) is 4.90 Å². The van der Waals surface area contributed by atoms with E-state index >= 15 is 8.78 Å². The Morgan fingerprint density at radius 1 is 0.974 bits per heavy atom. The highest BCUT2D eigenvalue weighted by molar-refractivity contribution is 5.75. The third-order valence-corrected chi connectivity index (χ3v) is 9.92. The molecule has 1 aromatic rings. The van der Waals surface area contributed by atoms with E-state index in [4.69, 9.17) is 4.52 Å². The lowest BCUT2D eigenvalue weighted by Crippen LogP contribution is -2.65. The monoisotopic (exact) mass is 538 g/mol. The summed E-state index contributed by atoms with van der Waals surface area (Å²) in [5.74, 6) is -2.32. The Morgan fingerprint density at radius 3 is 2.32 bits per heavy atom. The molecule has 0 aromatic carbocycles. The molecule has 8 nitrogen and oxygen atoms in total. The maximum absolute atomic E-state index is 15.2. The summed E-state index contributed by atoms with van der Waals surface area (Å²) in [4.78, 5) is 24.1. The Hall–Kier alpha value is -1.88. The fourth-order valence-corrected chi connectivity index (χ4v) is 7.14. The van der Waals surface area contributed by atoms with Crippen molar-refractivity contribution in [1.82, 2.24) is 30.2 Å². The van der Waals surface area contributed by atoms with Gasteiger partial charge in [-0.05, 0) is 70.9 Å². The first-order chi connectivity index (χ1) is 18.2. The first-order valence-corrected chi connectivity index (χ1v) is 14.6. The van der Waals surface area contributed by atoms with E-state index in [2.05, 4.69) is 25.3 Å². The summed E-state index contributed by atoms with van der Waals surface area (Å²) in [6, 6.07) is -1.36. The summed E-state index contributed by atoms with van der Waals surface area (Å²) >= 11 is 0. The summed E-state index contributed by atoms with van der Waals surface area (Å²) in [6.45, 7) is 6.81. The molecule has 2 saturated carbocycles. The van der Waals surface area contributed by atoms with Gasteiger partial charge in [0.05, 0.1) is 5.92 Å². The van der Waals surface area contributed by atoms with Crippen molar-refractivity contribution in [1.29, 1.82) is 0 Å². The molecule has 4 heterocycles. The molecule has 0 unspecified atom stereocenters. The minimum absolute atomic E-state index is 0.183. The summed E-state index contributed by atoms with van der Waals surface area (Å²) < 4.78 is 49.2. The van der Waals surface area contributed by atoms with Crippen LogP contribution in [0.15, 0.2) is 4.52 Å². The van der Waals surface area contributed by atoms with E-state index in [9.17, 15) is 9.18 Å². The maximum Gasteiger partial charge on any atom is 0.317 e. The number of carbonyl (C=O) groups is 1. The number of carbonyl (C=O) groups excluding carboxylic acids is 1. The Balaban J connectivity index is 1.06. The Morgan fingerprint density at radius 2 is 1.66 bits per heavy atom. The average Bonchev–Trinajstić information content (AvgIpc) is 3.31. The van der Waals surface area contributed by atoms with Crippen molar-refractivity contribution in [2.45, 2.75) is 113 Å². The normalized spacial score (nSPS) is 34.4. The van der Waals surface area contributed by atoms with Crippen molar-refractivity contribution in [3.8, 4) is 0 Å². The molecule has 3 saturated heterocycles. The second-order valence-corrected chi connectivity index (χ2v) is 12.5. The quantitative estimate of drug-likeness (QED) is 0.609. The van der Waals surface area contributed by atoms with Gasteiger partial charge in [0.2, 0.25) is 5.89 Å². The van der Waals surface area contributed by atoms with E-state index in [1.54, 1.807) is 4.90 Å². The molecule has 11 heteroatoms. The van der Waals surface area contributed by atoms with Crippen LogP contribution in [0.5, 0.6) is 0 Å². The molecular weight excluding hydrogens is 497 g/mol. The number of nitrogens with one attached hydrogen (secondary N) is 1. The van der Waals surface area contributed by atoms with Crippen molar-refractivity contribution in [3.05, 3.63) is 11.7 Å². The SMILES string of the molecule is CC1(c2noc([C@@H]3C[C@@H]3F)n2)CCN(C(=O)N[C@@H]2[C@@H](N3CCC(N4CCCC4)CC3)CCCC2(F)F)CC1. The molecule has 2 amide bonds. The fraction of sp³-hybridized carbons (Fsp3) is 0.889. The molecule has 4 atom stereocenters. The van der Waals surface area contributed by atoms with Crippen molar-refractivity contribution in [3.63, 3.8) is 0 Å². The Bertz CT molecular complexity index is 985. The molecule has 6 rings (SSSR count). The van der Waals surface area contributed by atoms with Gasteiger partial charge in [0.15, 0.2) is 5.82 Å². The van der Waals surface area contributed by atoms with Gasteiger partial charge >= 0.3 is 6.03 Å². The molecular formula is C27H41F3N6O2. The van der Waals surface area contributed by atoms with Gasteiger partial charge in [-0.2, -0.15) is 4.98 Å². The minimum atomic E-state index is -2.92. The Kier molecular flexibility index (Phi) is 7.12. The summed E-state index contributed by atoms with van der Waals surface area (Å²) in [5.41, 5.74) is -0.393. The lowest BCUT2D eigenvalue weighted by Gasteiger charge is -2.47. The lowest BCUT2D eigenvalue weighted by molar-refractivity contribution is -0.0960. The van der Waals surface area contributed by atoms with Crippen LogP contribution in [0.2, 0.25) is 0 Å². The van der Waals surface area contributed by atoms with Crippen LogP contribution >= 0.6 is 0 Å². The lowest BCUT2D eigenvalue weighted by atomic mass is 9.79. The number of hydrogen-bond acceptors (Lipinski definition) is 6. The second kappa shape index (κ2) is 10.3. The van der Waals surface area contributed by atoms with Gasteiger partial charge in [-0.15, -0.1) is 0 Å². The van der Waals surface area contributed by atoms with Crippen molar-refractivity contribution in [2.75, 3.05) is 39.3 Å². The van der Waals surface area contributed by atoms with Gasteiger partial charge < -0.3 is 19.6 Å². The van der Waals surface area contributed by atoms with Crippen LogP contribution in [0, 0.1) is 0 Å². The van der Waals surface area contributed by atoms with E-state index in [1.165, 1.54) is 12.8 Å². The summed E-state index contributed by atoms with van der Waals surface area (Å²) in [6.07, 6.45) is 6.24. The molecule has 212 valence electrons. The molecule has 1 aromatic heterocycles. The molecule has 0 spiro atoms. The van der Waals surface area contributed by atoms with Gasteiger partial charge in [-0.1, -0.05) is 12.1 Å². The molecule has 5 fully saturated rings. The summed E-state index contributed by atoms with van der Waals surface area (Å²) in [7, 11) is 0. The number of likely N-dealkylation sites (tertiary alicyclic amines) is 3. The van der Waals surface area contributed by atoms with Crippen molar-refractivity contribution in [2.24, 2.45) is 0 Å². The number of halogens is 3. The van der Waals surface area contributed by atoms with Crippen LogP contribution in [-0.4, -0.2) is 100 Å². The van der Waals surface area contributed by atoms with E-state index < -0.39 is 29.6 Å². The van der Waals surface area contributed by atoms with E-state index in [1.807, 2.05) is 6.92 Å². The zero-order valence-corrected chi connectivity index (χ0v) is 22.4. The first-order valence-electron chi connectivity index (χ1n) is 14.6. The van der Waals surface area contributed by atoms with Crippen molar-refractivity contribution < 1.29 is 22.5 Å². The average molecular weight is 539 g/mol.